The van der Waals surface area contributed by atoms with Crippen molar-refractivity contribution >= 4 is 29.9 Å². The van der Waals surface area contributed by atoms with Crippen molar-refractivity contribution in [3.63, 3.8) is 0 Å². The van der Waals surface area contributed by atoms with Crippen molar-refractivity contribution in [3.05, 3.63) is 0 Å². The lowest BCUT2D eigenvalue weighted by Gasteiger charge is -1.82. The molecule has 0 bridgehead atoms. The van der Waals surface area contributed by atoms with Crippen molar-refractivity contribution in [2.45, 2.75) is 6.92 Å². The van der Waals surface area contributed by atoms with E-state index in [1.54, 1.807) is 0 Å². The van der Waals surface area contributed by atoms with E-state index in [0.29, 0.717) is 6.54 Å². The van der Waals surface area contributed by atoms with E-state index in [4.69, 9.17) is 11.5 Å². The molecule has 4 heteroatoms. The fraction of sp³-hybridized carbons (Fsp3) is 0.667. The van der Waals surface area contributed by atoms with Crippen LogP contribution in [-0.4, -0.2) is 12.5 Å². The van der Waals surface area contributed by atoms with Gasteiger partial charge in [0.1, 0.15) is 0 Å². The maximum Gasteiger partial charge on any atom is 0.185 e. The summed E-state index contributed by atoms with van der Waals surface area (Å²) >= 11 is 0. The molecule has 0 radical (unpaired) electrons. The van der Waals surface area contributed by atoms with Gasteiger partial charge in [-0.05, 0) is 6.92 Å². The molecule has 3 nitrogen and oxygen atoms in total. The number of guanidine groups is 1. The highest BCUT2D eigenvalue weighted by Crippen LogP contribution is 1.58. The summed E-state index contributed by atoms with van der Waals surface area (Å²) in [7, 11) is 0. The molecule has 0 aromatic carbocycles. The molecule has 7 heavy (non-hydrogen) atoms. The number of rotatable bonds is 1. The minimum absolute atomic E-state index is 0. The van der Waals surface area contributed by atoms with Gasteiger partial charge in [-0.1, -0.05) is 0 Å². The molecular weight excluding hydrogens is 205 g/mol. The van der Waals surface area contributed by atoms with E-state index in [-0.39, 0.29) is 29.9 Å². The van der Waals surface area contributed by atoms with E-state index in [2.05, 4.69) is 4.99 Å². The predicted molar refractivity (Wildman–Crippen MR) is 41.8 cm³/mol. The summed E-state index contributed by atoms with van der Waals surface area (Å²) in [6.45, 7) is 2.54. The van der Waals surface area contributed by atoms with E-state index in [9.17, 15) is 0 Å². The topological polar surface area (TPSA) is 64.4 Å². The molecule has 4 N–H and O–H groups in total. The molecule has 0 saturated heterocycles. The first kappa shape index (κ1) is 10.1. The fourth-order valence-corrected chi connectivity index (χ4v) is 0.183. The number of nitrogens with two attached hydrogens (primary N) is 2. The average molecular weight is 215 g/mol. The lowest BCUT2D eigenvalue weighted by atomic mass is 10.8. The predicted octanol–water partition coefficient (Wildman–Crippen LogP) is -0.102. The Kier molecular flexibility index (Phi) is 8.64. The maximum absolute atomic E-state index is 4.93. The lowest BCUT2D eigenvalue weighted by molar-refractivity contribution is 1.11. The van der Waals surface area contributed by atoms with Gasteiger partial charge in [0.2, 0.25) is 0 Å². The first-order valence-electron chi connectivity index (χ1n) is 1.82. The number of aliphatic imine (C=N–C) groups is 1. The second kappa shape index (κ2) is 6.00. The van der Waals surface area contributed by atoms with E-state index >= 15 is 0 Å². The smallest absolute Gasteiger partial charge is 0.185 e. The molecular formula is C3H10IN3. The van der Waals surface area contributed by atoms with Gasteiger partial charge in [0, 0.05) is 6.54 Å². The SMILES string of the molecule is CCN=C(N)N.I. The minimum Gasteiger partial charge on any atom is -0.370 e. The van der Waals surface area contributed by atoms with Crippen LogP contribution in [0.1, 0.15) is 6.92 Å². The Balaban J connectivity index is 0. The summed E-state index contributed by atoms with van der Waals surface area (Å²) in [5.41, 5.74) is 9.86. The lowest BCUT2D eigenvalue weighted by Crippen LogP contribution is -2.22. The van der Waals surface area contributed by atoms with Crippen LogP contribution >= 0.6 is 24.0 Å². The maximum atomic E-state index is 4.93. The molecule has 0 spiro atoms. The molecule has 0 amide bonds. The second-order valence-electron chi connectivity index (χ2n) is 0.899. The normalized spacial score (nSPS) is 6.43. The Morgan fingerprint density at radius 3 is 2.00 bits per heavy atom. The Morgan fingerprint density at radius 1 is 1.57 bits per heavy atom. The third-order valence-electron chi connectivity index (χ3n) is 0.341. The van der Waals surface area contributed by atoms with Crippen LogP contribution in [0.15, 0.2) is 4.99 Å². The summed E-state index contributed by atoms with van der Waals surface area (Å²) in [6.07, 6.45) is 0. The van der Waals surface area contributed by atoms with Gasteiger partial charge in [0.15, 0.2) is 5.96 Å². The van der Waals surface area contributed by atoms with E-state index in [0.717, 1.165) is 0 Å². The van der Waals surface area contributed by atoms with Crippen LogP contribution in [0.5, 0.6) is 0 Å². The fourth-order valence-electron chi connectivity index (χ4n) is 0.183. The molecule has 0 fully saturated rings. The third kappa shape index (κ3) is 10.7. The van der Waals surface area contributed by atoms with Crippen molar-refractivity contribution in [2.75, 3.05) is 6.54 Å². The summed E-state index contributed by atoms with van der Waals surface area (Å²) in [6, 6.07) is 0. The zero-order valence-electron chi connectivity index (χ0n) is 4.22. The van der Waals surface area contributed by atoms with Gasteiger partial charge < -0.3 is 11.5 Å². The van der Waals surface area contributed by atoms with Crippen LogP contribution in [0.2, 0.25) is 0 Å². The zero-order valence-corrected chi connectivity index (χ0v) is 6.55. The molecule has 44 valence electrons. The first-order chi connectivity index (χ1) is 2.77. The second-order valence-corrected chi connectivity index (χ2v) is 0.899. The van der Waals surface area contributed by atoms with Gasteiger partial charge in [-0.3, -0.25) is 4.99 Å². The quantitative estimate of drug-likeness (QED) is 0.364. The zero-order chi connectivity index (χ0) is 4.99. The molecule has 0 aliphatic rings. The Morgan fingerprint density at radius 2 is 2.00 bits per heavy atom. The molecule has 0 aromatic heterocycles. The largest absolute Gasteiger partial charge is 0.370 e. The minimum atomic E-state index is 0. The highest BCUT2D eigenvalue weighted by molar-refractivity contribution is 14.0. The van der Waals surface area contributed by atoms with Gasteiger partial charge in [-0.15, -0.1) is 24.0 Å². The van der Waals surface area contributed by atoms with Crippen LogP contribution in [-0.2, 0) is 0 Å². The van der Waals surface area contributed by atoms with Gasteiger partial charge in [0.25, 0.3) is 0 Å². The summed E-state index contributed by atoms with van der Waals surface area (Å²) in [4.78, 5) is 3.60. The standard InChI is InChI=1S/C3H9N3.HI/c1-2-6-3(4)5;/h2H2,1H3,(H4,4,5,6);1H. The van der Waals surface area contributed by atoms with Crippen LogP contribution in [0.25, 0.3) is 0 Å². The van der Waals surface area contributed by atoms with Crippen molar-refractivity contribution in [3.8, 4) is 0 Å². The van der Waals surface area contributed by atoms with Crippen LogP contribution in [0.3, 0.4) is 0 Å². The van der Waals surface area contributed by atoms with E-state index in [1.807, 2.05) is 6.92 Å². The van der Waals surface area contributed by atoms with Crippen molar-refractivity contribution < 1.29 is 0 Å². The van der Waals surface area contributed by atoms with E-state index < -0.39 is 0 Å². The molecule has 0 heterocycles. The van der Waals surface area contributed by atoms with Gasteiger partial charge >= 0.3 is 0 Å². The number of halogens is 1. The molecule has 0 aliphatic heterocycles. The monoisotopic (exact) mass is 215 g/mol. The Hall–Kier alpha value is 0. The Bertz CT molecular complexity index is 57.2. The summed E-state index contributed by atoms with van der Waals surface area (Å²) in [5, 5.41) is 0. The van der Waals surface area contributed by atoms with Crippen molar-refractivity contribution in [1.29, 1.82) is 0 Å². The number of hydrogen-bond acceptors (Lipinski definition) is 1. The number of nitrogens with zero attached hydrogens (tertiary/aromatic N) is 1. The van der Waals surface area contributed by atoms with Gasteiger partial charge in [0.05, 0.1) is 0 Å². The first-order valence-corrected chi connectivity index (χ1v) is 1.82. The molecule has 0 atom stereocenters. The van der Waals surface area contributed by atoms with Crippen LogP contribution in [0.4, 0.5) is 0 Å². The van der Waals surface area contributed by atoms with Crippen molar-refractivity contribution in [2.24, 2.45) is 16.5 Å². The highest BCUT2D eigenvalue weighted by atomic mass is 127. The summed E-state index contributed by atoms with van der Waals surface area (Å²) in [5.74, 6) is 0.164. The molecule has 0 aromatic rings. The van der Waals surface area contributed by atoms with Crippen LogP contribution in [0, 0.1) is 0 Å². The van der Waals surface area contributed by atoms with E-state index in [1.165, 1.54) is 0 Å². The molecule has 0 aliphatic carbocycles. The third-order valence-corrected chi connectivity index (χ3v) is 0.341. The number of hydrogen-bond donors (Lipinski definition) is 2. The molecule has 0 rings (SSSR count). The summed E-state index contributed by atoms with van der Waals surface area (Å²) < 4.78 is 0. The Labute approximate surface area is 60.2 Å². The van der Waals surface area contributed by atoms with Gasteiger partial charge in [-0.25, -0.2) is 0 Å². The average Bonchev–Trinajstić information content (AvgIpc) is 1.35. The highest BCUT2D eigenvalue weighted by Gasteiger charge is 1.68. The van der Waals surface area contributed by atoms with Crippen molar-refractivity contribution in [1.82, 2.24) is 0 Å². The van der Waals surface area contributed by atoms with Gasteiger partial charge in [-0.2, -0.15) is 0 Å². The molecule has 0 unspecified atom stereocenters. The van der Waals surface area contributed by atoms with Crippen LogP contribution < -0.4 is 11.5 Å². The molecule has 0 saturated carbocycles.